The molecule has 1 N–H and O–H groups in total. The van der Waals surface area contributed by atoms with Gasteiger partial charge in [0.1, 0.15) is 17.1 Å². The number of aryl methyl sites for hydroxylation is 2. The molecule has 0 aliphatic heterocycles. The second-order valence-electron chi connectivity index (χ2n) is 2.74. The van der Waals surface area contributed by atoms with Crippen LogP contribution in [0.3, 0.4) is 0 Å². The smallest absolute Gasteiger partial charge is 0.339 e. The van der Waals surface area contributed by atoms with E-state index in [1.807, 2.05) is 6.92 Å². The highest BCUT2D eigenvalue weighted by atomic mass is 16.4. The van der Waals surface area contributed by atoms with Crippen molar-refractivity contribution in [3.05, 3.63) is 22.6 Å². The Morgan fingerprint density at radius 1 is 1.50 bits per heavy atom. The Bertz CT molecular complexity index is 310. The fourth-order valence-corrected chi connectivity index (χ4v) is 1.36. The van der Waals surface area contributed by atoms with E-state index in [-0.39, 0.29) is 0 Å². The highest BCUT2D eigenvalue weighted by Gasteiger charge is 2.18. The van der Waals surface area contributed by atoms with Crippen LogP contribution in [0, 0.1) is 13.8 Å². The lowest BCUT2D eigenvalue weighted by Crippen LogP contribution is -1.98. The first-order valence-electron chi connectivity index (χ1n) is 3.90. The zero-order chi connectivity index (χ0) is 9.30. The first-order valence-corrected chi connectivity index (χ1v) is 3.90. The van der Waals surface area contributed by atoms with E-state index in [0.29, 0.717) is 11.3 Å². The fraction of sp³-hybridized carbons (Fsp3) is 0.444. The van der Waals surface area contributed by atoms with Gasteiger partial charge in [-0.2, -0.15) is 0 Å². The van der Waals surface area contributed by atoms with E-state index in [1.54, 1.807) is 13.8 Å². The van der Waals surface area contributed by atoms with E-state index in [1.165, 1.54) is 0 Å². The molecule has 0 bridgehead atoms. The molecule has 0 saturated carbocycles. The molecule has 0 amide bonds. The molecule has 0 radical (unpaired) electrons. The predicted octanol–water partition coefficient (Wildman–Crippen LogP) is 2.16. The topological polar surface area (TPSA) is 50.4 Å². The normalized spacial score (nSPS) is 10.2. The molecule has 0 spiro atoms. The summed E-state index contributed by atoms with van der Waals surface area (Å²) in [5.74, 6) is 0.357. The zero-order valence-corrected chi connectivity index (χ0v) is 7.47. The number of aromatic carboxylic acids is 1. The van der Waals surface area contributed by atoms with Gasteiger partial charge in [0.05, 0.1) is 0 Å². The zero-order valence-electron chi connectivity index (χ0n) is 7.47. The molecule has 66 valence electrons. The van der Waals surface area contributed by atoms with Gasteiger partial charge in [-0.05, 0) is 13.8 Å². The maximum absolute atomic E-state index is 10.7. The summed E-state index contributed by atoms with van der Waals surface area (Å²) < 4.78 is 5.28. The van der Waals surface area contributed by atoms with Gasteiger partial charge in [-0.25, -0.2) is 4.79 Å². The largest absolute Gasteiger partial charge is 0.478 e. The van der Waals surface area contributed by atoms with Crippen LogP contribution in [0.4, 0.5) is 0 Å². The van der Waals surface area contributed by atoms with Crippen LogP contribution in [0.1, 0.15) is 34.4 Å². The Labute approximate surface area is 71.0 Å². The SMILES string of the molecule is CCc1oc(C)c(C(=O)O)c1C. The number of hydrogen-bond acceptors (Lipinski definition) is 2. The summed E-state index contributed by atoms with van der Waals surface area (Å²) in [6.07, 6.45) is 0.736. The number of carboxylic acid groups (broad SMARTS) is 1. The summed E-state index contributed by atoms with van der Waals surface area (Å²) >= 11 is 0. The number of carboxylic acids is 1. The molecule has 0 atom stereocenters. The van der Waals surface area contributed by atoms with Crippen molar-refractivity contribution in [2.75, 3.05) is 0 Å². The molecule has 3 nitrogen and oxygen atoms in total. The van der Waals surface area contributed by atoms with Gasteiger partial charge in [-0.15, -0.1) is 0 Å². The summed E-state index contributed by atoms with van der Waals surface area (Å²) in [4.78, 5) is 10.7. The maximum Gasteiger partial charge on any atom is 0.339 e. The minimum absolute atomic E-state index is 0.312. The molecule has 12 heavy (non-hydrogen) atoms. The third kappa shape index (κ3) is 1.22. The van der Waals surface area contributed by atoms with Gasteiger partial charge in [0.15, 0.2) is 0 Å². The standard InChI is InChI=1S/C9H12O3/c1-4-7-5(2)8(9(10)11)6(3)12-7/h4H2,1-3H3,(H,10,11). The Morgan fingerprint density at radius 3 is 2.33 bits per heavy atom. The Morgan fingerprint density at radius 2 is 2.08 bits per heavy atom. The monoisotopic (exact) mass is 168 g/mol. The van der Waals surface area contributed by atoms with Crippen molar-refractivity contribution < 1.29 is 14.3 Å². The third-order valence-electron chi connectivity index (χ3n) is 1.96. The maximum atomic E-state index is 10.7. The third-order valence-corrected chi connectivity index (χ3v) is 1.96. The minimum atomic E-state index is -0.909. The van der Waals surface area contributed by atoms with Crippen LogP contribution in [0.25, 0.3) is 0 Å². The van der Waals surface area contributed by atoms with Gasteiger partial charge in [0, 0.05) is 12.0 Å². The molecule has 1 rings (SSSR count). The van der Waals surface area contributed by atoms with Gasteiger partial charge in [-0.3, -0.25) is 0 Å². The molecule has 0 fully saturated rings. The summed E-state index contributed by atoms with van der Waals surface area (Å²) in [5, 5.41) is 8.80. The molecule has 1 aromatic heterocycles. The lowest BCUT2D eigenvalue weighted by Gasteiger charge is -1.91. The molecule has 0 aliphatic carbocycles. The first-order chi connectivity index (χ1) is 5.57. The van der Waals surface area contributed by atoms with Gasteiger partial charge < -0.3 is 9.52 Å². The number of rotatable bonds is 2. The van der Waals surface area contributed by atoms with Crippen LogP contribution >= 0.6 is 0 Å². The van der Waals surface area contributed by atoms with Crippen LogP contribution in [0.2, 0.25) is 0 Å². The highest BCUT2D eigenvalue weighted by molar-refractivity contribution is 5.90. The van der Waals surface area contributed by atoms with E-state index in [2.05, 4.69) is 0 Å². The predicted molar refractivity (Wildman–Crippen MR) is 44.5 cm³/mol. The lowest BCUT2D eigenvalue weighted by atomic mass is 10.1. The number of furan rings is 1. The van der Waals surface area contributed by atoms with Crippen molar-refractivity contribution in [1.29, 1.82) is 0 Å². The molecular weight excluding hydrogens is 156 g/mol. The van der Waals surface area contributed by atoms with Crippen molar-refractivity contribution >= 4 is 5.97 Å². The summed E-state index contributed by atoms with van der Waals surface area (Å²) in [6.45, 7) is 5.39. The van der Waals surface area contributed by atoms with E-state index in [9.17, 15) is 4.79 Å². The van der Waals surface area contributed by atoms with Crippen LogP contribution in [0.5, 0.6) is 0 Å². The Kier molecular flexibility index (Phi) is 2.22. The molecule has 0 aliphatic rings. The molecule has 0 saturated heterocycles. The van der Waals surface area contributed by atoms with E-state index < -0.39 is 5.97 Å². The van der Waals surface area contributed by atoms with E-state index >= 15 is 0 Å². The summed E-state index contributed by atoms with van der Waals surface area (Å²) in [5.41, 5.74) is 1.06. The van der Waals surface area contributed by atoms with Crippen LogP contribution in [-0.4, -0.2) is 11.1 Å². The fourth-order valence-electron chi connectivity index (χ4n) is 1.36. The van der Waals surface area contributed by atoms with E-state index in [0.717, 1.165) is 17.7 Å². The molecule has 1 heterocycles. The van der Waals surface area contributed by atoms with E-state index in [4.69, 9.17) is 9.52 Å². The van der Waals surface area contributed by atoms with Crippen molar-refractivity contribution in [2.45, 2.75) is 27.2 Å². The second kappa shape index (κ2) is 3.01. The molecule has 3 heteroatoms. The van der Waals surface area contributed by atoms with Gasteiger partial charge in [-0.1, -0.05) is 6.92 Å². The van der Waals surface area contributed by atoms with Crippen LogP contribution in [0.15, 0.2) is 4.42 Å². The van der Waals surface area contributed by atoms with Crippen LogP contribution < -0.4 is 0 Å². The lowest BCUT2D eigenvalue weighted by molar-refractivity contribution is 0.0694. The van der Waals surface area contributed by atoms with Crippen LogP contribution in [-0.2, 0) is 6.42 Å². The highest BCUT2D eigenvalue weighted by Crippen LogP contribution is 2.21. The van der Waals surface area contributed by atoms with Crippen molar-refractivity contribution in [3.8, 4) is 0 Å². The van der Waals surface area contributed by atoms with Gasteiger partial charge >= 0.3 is 5.97 Å². The molecular formula is C9H12O3. The number of hydrogen-bond donors (Lipinski definition) is 1. The molecule has 0 unspecified atom stereocenters. The van der Waals surface area contributed by atoms with Gasteiger partial charge in [0.25, 0.3) is 0 Å². The van der Waals surface area contributed by atoms with Crippen molar-refractivity contribution in [1.82, 2.24) is 0 Å². The van der Waals surface area contributed by atoms with Crippen molar-refractivity contribution in [3.63, 3.8) is 0 Å². The minimum Gasteiger partial charge on any atom is -0.478 e. The van der Waals surface area contributed by atoms with Crippen molar-refractivity contribution in [2.24, 2.45) is 0 Å². The molecule has 1 aromatic rings. The summed E-state index contributed by atoms with van der Waals surface area (Å²) in [6, 6.07) is 0. The molecule has 0 aromatic carbocycles. The average molecular weight is 168 g/mol. The quantitative estimate of drug-likeness (QED) is 0.736. The first kappa shape index (κ1) is 8.84. The Balaban J connectivity index is 3.28. The average Bonchev–Trinajstić information content (AvgIpc) is 2.25. The second-order valence-corrected chi connectivity index (χ2v) is 2.74. The summed E-state index contributed by atoms with van der Waals surface area (Å²) in [7, 11) is 0. The Hall–Kier alpha value is -1.25. The van der Waals surface area contributed by atoms with Gasteiger partial charge in [0.2, 0.25) is 0 Å². The number of carbonyl (C=O) groups is 1.